The lowest BCUT2D eigenvalue weighted by Gasteiger charge is -2.30. The summed E-state index contributed by atoms with van der Waals surface area (Å²) in [5.41, 5.74) is 1.94. The number of fused-ring (bicyclic) bond motifs is 1. The van der Waals surface area contributed by atoms with E-state index < -0.39 is 0 Å². The molecule has 0 radical (unpaired) electrons. The largest absolute Gasteiger partial charge is 0.375 e. The second kappa shape index (κ2) is 9.12. The number of rotatable bonds is 8. The monoisotopic (exact) mass is 381 g/mol. The van der Waals surface area contributed by atoms with Crippen LogP contribution in [0.2, 0.25) is 0 Å². The zero-order valence-electron chi connectivity index (χ0n) is 16.2. The molecule has 1 aromatic carbocycles. The van der Waals surface area contributed by atoms with E-state index in [9.17, 15) is 0 Å². The van der Waals surface area contributed by atoms with Crippen molar-refractivity contribution in [2.24, 2.45) is 0 Å². The highest BCUT2D eigenvalue weighted by Crippen LogP contribution is 2.27. The van der Waals surface area contributed by atoms with Crippen LogP contribution in [0.15, 0.2) is 42.9 Å². The number of nitrogens with one attached hydrogen (secondary N) is 2. The molecule has 0 amide bonds. The van der Waals surface area contributed by atoms with Crippen LogP contribution >= 0.6 is 0 Å². The molecule has 1 aliphatic carbocycles. The Hall–Kier alpha value is -2.51. The molecular weight excluding hydrogens is 354 g/mol. The average Bonchev–Trinajstić information content (AvgIpc) is 3.23. The molecule has 2 N–H and O–H groups in total. The van der Waals surface area contributed by atoms with Gasteiger partial charge in [0.15, 0.2) is 5.65 Å². The fraction of sp³-hybridized carbons (Fsp3) is 0.476. The zero-order valence-corrected chi connectivity index (χ0v) is 16.2. The molecule has 1 saturated carbocycles. The first-order valence-electron chi connectivity index (χ1n) is 10.0. The van der Waals surface area contributed by atoms with E-state index in [4.69, 9.17) is 9.47 Å². The molecule has 3 aromatic rings. The molecule has 7 heteroatoms. The summed E-state index contributed by atoms with van der Waals surface area (Å²) < 4.78 is 12.1. The standard InChI is InChI=1S/C21H27N5O2/c1-2-27-19(15-6-4-3-5-7-15)13-28-17-10-8-16(9-11-17)25-20-18-12-24-26-21(18)23-14-22-20/h3-7,12,14,16-17,19H,2,8-11,13H2,1H3,(H2,22,23,24,25,26)/t16?,17?,19-/m0/s1. The molecule has 28 heavy (non-hydrogen) atoms. The van der Waals surface area contributed by atoms with E-state index in [0.717, 1.165) is 42.5 Å². The number of anilines is 1. The van der Waals surface area contributed by atoms with E-state index in [2.05, 4.69) is 37.6 Å². The van der Waals surface area contributed by atoms with Gasteiger partial charge in [-0.3, -0.25) is 5.10 Å². The number of H-pyrrole nitrogens is 1. The molecule has 2 heterocycles. The Morgan fingerprint density at radius 2 is 1.96 bits per heavy atom. The average molecular weight is 381 g/mol. The van der Waals surface area contributed by atoms with Crippen LogP contribution in [0, 0.1) is 0 Å². The third-order valence-corrected chi connectivity index (χ3v) is 5.29. The molecule has 4 rings (SSSR count). The molecule has 1 aliphatic rings. The molecule has 1 atom stereocenters. The summed E-state index contributed by atoms with van der Waals surface area (Å²) in [5.74, 6) is 0.851. The molecule has 7 nitrogen and oxygen atoms in total. The molecule has 0 spiro atoms. The van der Waals surface area contributed by atoms with Gasteiger partial charge < -0.3 is 14.8 Å². The van der Waals surface area contributed by atoms with Crippen LogP contribution in [-0.2, 0) is 9.47 Å². The molecule has 0 bridgehead atoms. The Bertz CT molecular complexity index is 861. The molecule has 2 aromatic heterocycles. The van der Waals surface area contributed by atoms with Gasteiger partial charge in [-0.25, -0.2) is 9.97 Å². The van der Waals surface area contributed by atoms with Crippen molar-refractivity contribution in [3.63, 3.8) is 0 Å². The van der Waals surface area contributed by atoms with Crippen molar-refractivity contribution in [2.75, 3.05) is 18.5 Å². The van der Waals surface area contributed by atoms with Gasteiger partial charge in [0, 0.05) is 12.6 Å². The second-order valence-electron chi connectivity index (χ2n) is 7.16. The molecular formula is C21H27N5O2. The lowest BCUT2D eigenvalue weighted by Crippen LogP contribution is -2.31. The third kappa shape index (κ3) is 4.48. The van der Waals surface area contributed by atoms with Crippen LogP contribution in [0.4, 0.5) is 5.82 Å². The first-order chi connectivity index (χ1) is 13.8. The van der Waals surface area contributed by atoms with Gasteiger partial charge in [0.2, 0.25) is 0 Å². The van der Waals surface area contributed by atoms with Crippen molar-refractivity contribution in [3.05, 3.63) is 48.4 Å². The number of aromatic nitrogens is 4. The SMILES string of the molecule is CCO[C@@H](COC1CCC(Nc2ncnc3[nH]ncc23)CC1)c1ccccc1. The second-order valence-corrected chi connectivity index (χ2v) is 7.16. The molecule has 0 saturated heterocycles. The van der Waals surface area contributed by atoms with Gasteiger partial charge in [-0.2, -0.15) is 5.10 Å². The van der Waals surface area contributed by atoms with Gasteiger partial charge in [0.1, 0.15) is 18.2 Å². The van der Waals surface area contributed by atoms with Gasteiger partial charge in [0.05, 0.1) is 24.3 Å². The quantitative estimate of drug-likeness (QED) is 0.616. The minimum Gasteiger partial charge on any atom is -0.375 e. The Labute approximate surface area is 164 Å². The van der Waals surface area contributed by atoms with Crippen molar-refractivity contribution >= 4 is 16.9 Å². The first kappa shape index (κ1) is 18.8. The van der Waals surface area contributed by atoms with E-state index >= 15 is 0 Å². The van der Waals surface area contributed by atoms with Crippen molar-refractivity contribution in [3.8, 4) is 0 Å². The van der Waals surface area contributed by atoms with Crippen LogP contribution in [-0.4, -0.2) is 45.5 Å². The van der Waals surface area contributed by atoms with Crippen molar-refractivity contribution in [1.29, 1.82) is 0 Å². The summed E-state index contributed by atoms with van der Waals surface area (Å²) in [6, 6.07) is 10.7. The number of ether oxygens (including phenoxy) is 2. The highest BCUT2D eigenvalue weighted by molar-refractivity contribution is 5.85. The van der Waals surface area contributed by atoms with Crippen molar-refractivity contribution in [2.45, 2.75) is 50.9 Å². The maximum absolute atomic E-state index is 6.22. The molecule has 0 aliphatic heterocycles. The Kier molecular flexibility index (Phi) is 6.14. The lowest BCUT2D eigenvalue weighted by molar-refractivity contribution is -0.0527. The summed E-state index contributed by atoms with van der Waals surface area (Å²) in [4.78, 5) is 8.56. The molecule has 0 unspecified atom stereocenters. The maximum Gasteiger partial charge on any atom is 0.160 e. The summed E-state index contributed by atoms with van der Waals surface area (Å²) in [7, 11) is 0. The van der Waals surface area contributed by atoms with Crippen LogP contribution in [0.1, 0.15) is 44.3 Å². The normalized spacial score (nSPS) is 20.9. The van der Waals surface area contributed by atoms with Gasteiger partial charge in [-0.15, -0.1) is 0 Å². The van der Waals surface area contributed by atoms with Crippen molar-refractivity contribution in [1.82, 2.24) is 20.2 Å². The van der Waals surface area contributed by atoms with Gasteiger partial charge >= 0.3 is 0 Å². The highest BCUT2D eigenvalue weighted by atomic mass is 16.5. The Balaban J connectivity index is 1.27. The Morgan fingerprint density at radius 1 is 1.14 bits per heavy atom. The summed E-state index contributed by atoms with van der Waals surface area (Å²) in [6.45, 7) is 3.31. The summed E-state index contributed by atoms with van der Waals surface area (Å²) in [5, 5.41) is 11.4. The molecule has 1 fully saturated rings. The number of nitrogens with zero attached hydrogens (tertiary/aromatic N) is 3. The van der Waals surface area contributed by atoms with Crippen LogP contribution in [0.3, 0.4) is 0 Å². The minimum atomic E-state index is -0.00237. The predicted octanol–water partition coefficient (Wildman–Crippen LogP) is 3.87. The fourth-order valence-corrected chi connectivity index (χ4v) is 3.78. The zero-order chi connectivity index (χ0) is 19.2. The van der Waals surface area contributed by atoms with E-state index in [0.29, 0.717) is 19.3 Å². The van der Waals surface area contributed by atoms with E-state index in [1.165, 1.54) is 5.56 Å². The van der Waals surface area contributed by atoms with E-state index in [-0.39, 0.29) is 12.2 Å². The maximum atomic E-state index is 6.22. The smallest absolute Gasteiger partial charge is 0.160 e. The van der Waals surface area contributed by atoms with Gasteiger partial charge in [-0.1, -0.05) is 30.3 Å². The Morgan fingerprint density at radius 3 is 2.75 bits per heavy atom. The van der Waals surface area contributed by atoms with Crippen LogP contribution in [0.25, 0.3) is 11.0 Å². The van der Waals surface area contributed by atoms with Crippen LogP contribution < -0.4 is 5.32 Å². The summed E-state index contributed by atoms with van der Waals surface area (Å²) in [6.07, 6.45) is 7.79. The van der Waals surface area contributed by atoms with Gasteiger partial charge in [-0.05, 0) is 38.2 Å². The minimum absolute atomic E-state index is 0.00237. The number of hydrogen-bond donors (Lipinski definition) is 2. The van der Waals surface area contributed by atoms with Crippen LogP contribution in [0.5, 0.6) is 0 Å². The predicted molar refractivity (Wildman–Crippen MR) is 108 cm³/mol. The number of aromatic amines is 1. The topological polar surface area (TPSA) is 85.0 Å². The third-order valence-electron chi connectivity index (χ3n) is 5.29. The van der Waals surface area contributed by atoms with Crippen molar-refractivity contribution < 1.29 is 9.47 Å². The highest BCUT2D eigenvalue weighted by Gasteiger charge is 2.24. The van der Waals surface area contributed by atoms with Gasteiger partial charge in [0.25, 0.3) is 0 Å². The lowest BCUT2D eigenvalue weighted by atomic mass is 9.93. The number of hydrogen-bond acceptors (Lipinski definition) is 6. The van der Waals surface area contributed by atoms with E-state index in [1.54, 1.807) is 12.5 Å². The first-order valence-corrected chi connectivity index (χ1v) is 10.0. The summed E-state index contributed by atoms with van der Waals surface area (Å²) >= 11 is 0. The molecule has 148 valence electrons. The number of benzene rings is 1. The fourth-order valence-electron chi connectivity index (χ4n) is 3.78. The van der Waals surface area contributed by atoms with E-state index in [1.807, 2.05) is 25.1 Å².